The average molecular weight is 535 g/mol. The second-order valence-electron chi connectivity index (χ2n) is 13.9. The van der Waals surface area contributed by atoms with E-state index < -0.39 is 12.2 Å². The Kier molecular flexibility index (Phi) is 9.52. The molecule has 0 unspecified atom stereocenters. The third-order valence-electron chi connectivity index (χ3n) is 11.9. The standard InChI is InChI=1S/C31H54N2O5/c1-19(8-11-26(36)33-17-7-5-6-16-32-20(2)34)22-9-10-23-27-24(13-15-30(22,23)3)31(4)14-12-21(35)18-25(31)28(37)29(27)38/h19,21-25,27-29,35,37-38H,5-18H2,1-4H3,(H,32,34)(H,33,36)/t19-,21-,22-,23+,24+,25+,27+,28+,29+,30-,31-/m1/s1. The molecule has 7 nitrogen and oxygen atoms in total. The van der Waals surface area contributed by atoms with Crippen LogP contribution in [0.3, 0.4) is 0 Å². The van der Waals surface area contributed by atoms with Gasteiger partial charge in [-0.05, 0) is 117 Å². The molecule has 2 amide bonds. The van der Waals surface area contributed by atoms with Gasteiger partial charge < -0.3 is 26.0 Å². The van der Waals surface area contributed by atoms with Crippen LogP contribution in [0.15, 0.2) is 0 Å². The van der Waals surface area contributed by atoms with Crippen molar-refractivity contribution in [2.75, 3.05) is 13.1 Å². The molecule has 0 aliphatic heterocycles. The van der Waals surface area contributed by atoms with Crippen LogP contribution in [-0.4, -0.2) is 58.5 Å². The van der Waals surface area contributed by atoms with Crippen molar-refractivity contribution in [3.63, 3.8) is 0 Å². The summed E-state index contributed by atoms with van der Waals surface area (Å²) in [5.41, 5.74) is 0.138. The fraction of sp³-hybridized carbons (Fsp3) is 0.935. The Labute approximate surface area is 229 Å². The maximum absolute atomic E-state index is 12.5. The smallest absolute Gasteiger partial charge is 0.220 e. The lowest BCUT2D eigenvalue weighted by molar-refractivity contribution is -0.223. The maximum atomic E-state index is 12.5. The molecule has 0 aromatic carbocycles. The Morgan fingerprint density at radius 1 is 0.842 bits per heavy atom. The van der Waals surface area contributed by atoms with Crippen LogP contribution in [-0.2, 0) is 9.59 Å². The Morgan fingerprint density at radius 3 is 2.21 bits per heavy atom. The van der Waals surface area contributed by atoms with Crippen LogP contribution < -0.4 is 10.6 Å². The zero-order valence-corrected chi connectivity index (χ0v) is 24.3. The minimum absolute atomic E-state index is 0.00306. The van der Waals surface area contributed by atoms with E-state index in [1.165, 1.54) is 6.92 Å². The van der Waals surface area contributed by atoms with Crippen molar-refractivity contribution in [1.29, 1.82) is 0 Å². The van der Waals surface area contributed by atoms with E-state index in [4.69, 9.17) is 0 Å². The van der Waals surface area contributed by atoms with Gasteiger partial charge >= 0.3 is 0 Å². The molecule has 4 saturated carbocycles. The molecule has 0 bridgehead atoms. The summed E-state index contributed by atoms with van der Waals surface area (Å²) < 4.78 is 0. The van der Waals surface area contributed by atoms with Gasteiger partial charge in [-0.2, -0.15) is 0 Å². The predicted octanol–water partition coefficient (Wildman–Crippen LogP) is 3.79. The van der Waals surface area contributed by atoms with Gasteiger partial charge in [0.1, 0.15) is 0 Å². The summed E-state index contributed by atoms with van der Waals surface area (Å²) in [5.74, 6) is 2.06. The van der Waals surface area contributed by atoms with Crippen LogP contribution in [0, 0.1) is 46.3 Å². The summed E-state index contributed by atoms with van der Waals surface area (Å²) >= 11 is 0. The highest BCUT2D eigenvalue weighted by Crippen LogP contribution is 2.68. The minimum Gasteiger partial charge on any atom is -0.393 e. The summed E-state index contributed by atoms with van der Waals surface area (Å²) in [6.07, 6.45) is 9.34. The van der Waals surface area contributed by atoms with Gasteiger partial charge in [0.2, 0.25) is 11.8 Å². The van der Waals surface area contributed by atoms with Gasteiger partial charge in [0.05, 0.1) is 18.3 Å². The highest BCUT2D eigenvalue weighted by atomic mass is 16.3. The molecule has 4 fully saturated rings. The number of carbonyl (C=O) groups excluding carboxylic acids is 2. The molecule has 218 valence electrons. The summed E-state index contributed by atoms with van der Waals surface area (Å²) in [5, 5.41) is 38.9. The van der Waals surface area contributed by atoms with Gasteiger partial charge in [0.15, 0.2) is 0 Å². The lowest BCUT2D eigenvalue weighted by Crippen LogP contribution is -2.64. The van der Waals surface area contributed by atoms with Gasteiger partial charge in [-0.15, -0.1) is 0 Å². The molecule has 0 radical (unpaired) electrons. The lowest BCUT2D eigenvalue weighted by atomic mass is 9.43. The van der Waals surface area contributed by atoms with Gasteiger partial charge in [-0.25, -0.2) is 0 Å². The number of nitrogens with one attached hydrogen (secondary N) is 2. The summed E-state index contributed by atoms with van der Waals surface area (Å²) in [6.45, 7) is 9.99. The highest BCUT2D eigenvalue weighted by molar-refractivity contribution is 5.75. The molecule has 0 heterocycles. The number of hydrogen-bond acceptors (Lipinski definition) is 5. The average Bonchev–Trinajstić information content (AvgIpc) is 3.23. The molecule has 5 N–H and O–H groups in total. The van der Waals surface area contributed by atoms with Crippen LogP contribution in [0.25, 0.3) is 0 Å². The molecule has 38 heavy (non-hydrogen) atoms. The Morgan fingerprint density at radius 2 is 1.50 bits per heavy atom. The number of aliphatic hydroxyl groups is 3. The maximum Gasteiger partial charge on any atom is 0.220 e. The summed E-state index contributed by atoms with van der Waals surface area (Å²) in [6, 6.07) is 0. The van der Waals surface area contributed by atoms with Crippen LogP contribution in [0.4, 0.5) is 0 Å². The van der Waals surface area contributed by atoms with E-state index in [9.17, 15) is 24.9 Å². The molecule has 4 aliphatic carbocycles. The summed E-state index contributed by atoms with van der Waals surface area (Å²) in [4.78, 5) is 23.4. The molecule has 4 aliphatic rings. The Balaban J connectivity index is 1.29. The SMILES string of the molecule is CC(=O)NCCCCCNC(=O)CC[C@@H](C)[C@H]1CC[C@H]2[C@@H]3[C@H](O)[C@@H](O)[C@@H]4C[C@H](O)CC[C@]4(C)[C@H]3CC[C@]12C. The lowest BCUT2D eigenvalue weighted by Gasteiger charge is -2.63. The van der Waals surface area contributed by atoms with E-state index in [2.05, 4.69) is 31.4 Å². The van der Waals surface area contributed by atoms with Gasteiger partial charge in [0.25, 0.3) is 0 Å². The second kappa shape index (κ2) is 12.1. The Bertz CT molecular complexity index is 837. The number of amides is 2. The van der Waals surface area contributed by atoms with Gasteiger partial charge in [-0.1, -0.05) is 20.8 Å². The van der Waals surface area contributed by atoms with Crippen molar-refractivity contribution in [1.82, 2.24) is 10.6 Å². The summed E-state index contributed by atoms with van der Waals surface area (Å²) in [7, 11) is 0. The number of rotatable bonds is 10. The first-order chi connectivity index (χ1) is 18.0. The zero-order chi connectivity index (χ0) is 27.7. The van der Waals surface area contributed by atoms with Crippen LogP contribution in [0.2, 0.25) is 0 Å². The highest BCUT2D eigenvalue weighted by Gasteiger charge is 2.65. The number of unbranched alkanes of at least 4 members (excludes halogenated alkanes) is 2. The minimum atomic E-state index is -0.746. The van der Waals surface area contributed by atoms with E-state index in [1.54, 1.807) is 0 Å². The van der Waals surface area contributed by atoms with E-state index in [0.29, 0.717) is 49.6 Å². The fourth-order valence-electron chi connectivity index (χ4n) is 9.78. The van der Waals surface area contributed by atoms with Gasteiger partial charge in [0, 0.05) is 26.4 Å². The van der Waals surface area contributed by atoms with Crippen molar-refractivity contribution >= 4 is 11.8 Å². The topological polar surface area (TPSA) is 119 Å². The van der Waals surface area contributed by atoms with E-state index in [1.807, 2.05) is 0 Å². The first-order valence-corrected chi connectivity index (χ1v) is 15.5. The number of carbonyl (C=O) groups is 2. The van der Waals surface area contributed by atoms with E-state index in [-0.39, 0.29) is 40.6 Å². The van der Waals surface area contributed by atoms with Crippen LogP contribution in [0.5, 0.6) is 0 Å². The van der Waals surface area contributed by atoms with Crippen LogP contribution >= 0.6 is 0 Å². The molecular formula is C31H54N2O5. The van der Waals surface area contributed by atoms with Crippen molar-refractivity contribution in [3.05, 3.63) is 0 Å². The number of hydrogen-bond donors (Lipinski definition) is 5. The first kappa shape index (κ1) is 29.8. The molecule has 0 aromatic heterocycles. The van der Waals surface area contributed by atoms with Crippen molar-refractivity contribution in [3.8, 4) is 0 Å². The van der Waals surface area contributed by atoms with Crippen LogP contribution in [0.1, 0.15) is 105 Å². The third kappa shape index (κ3) is 5.81. The predicted molar refractivity (Wildman–Crippen MR) is 148 cm³/mol. The van der Waals surface area contributed by atoms with Crippen molar-refractivity contribution in [2.24, 2.45) is 46.3 Å². The van der Waals surface area contributed by atoms with Crippen molar-refractivity contribution < 1.29 is 24.9 Å². The first-order valence-electron chi connectivity index (χ1n) is 15.5. The fourth-order valence-corrected chi connectivity index (χ4v) is 9.78. The largest absolute Gasteiger partial charge is 0.393 e. The number of aliphatic hydroxyl groups excluding tert-OH is 3. The molecule has 4 rings (SSSR count). The molecule has 0 spiro atoms. The zero-order valence-electron chi connectivity index (χ0n) is 24.3. The Hall–Kier alpha value is -1.18. The molecule has 11 atom stereocenters. The quantitative estimate of drug-likeness (QED) is 0.273. The molecule has 7 heteroatoms. The van der Waals surface area contributed by atoms with Gasteiger partial charge in [-0.3, -0.25) is 9.59 Å². The normalized spacial score (nSPS) is 42.9. The molecular weight excluding hydrogens is 480 g/mol. The number of fused-ring (bicyclic) bond motifs is 5. The monoisotopic (exact) mass is 534 g/mol. The van der Waals surface area contributed by atoms with E-state index in [0.717, 1.165) is 64.2 Å². The second-order valence-corrected chi connectivity index (χ2v) is 13.9. The van der Waals surface area contributed by atoms with E-state index >= 15 is 0 Å². The van der Waals surface area contributed by atoms with Crippen molar-refractivity contribution in [2.45, 2.75) is 123 Å². The molecule has 0 saturated heterocycles. The molecule has 0 aromatic rings. The third-order valence-corrected chi connectivity index (χ3v) is 11.9.